The summed E-state index contributed by atoms with van der Waals surface area (Å²) < 4.78 is 5.28. The summed E-state index contributed by atoms with van der Waals surface area (Å²) in [6, 6.07) is 0. The lowest BCUT2D eigenvalue weighted by Crippen LogP contribution is -2.17. The van der Waals surface area contributed by atoms with Crippen molar-refractivity contribution in [3.63, 3.8) is 0 Å². The molecule has 0 atom stereocenters. The van der Waals surface area contributed by atoms with Gasteiger partial charge in [0.05, 0.1) is 7.11 Å². The largest absolute Gasteiger partial charge is 0.507 e. The van der Waals surface area contributed by atoms with E-state index < -0.39 is 5.97 Å². The number of hydrogen-bond donors (Lipinski definition) is 2. The number of aromatic hydroxyl groups is 1. The van der Waals surface area contributed by atoms with Crippen molar-refractivity contribution in [3.05, 3.63) is 22.3 Å². The second kappa shape index (κ2) is 4.52. The van der Waals surface area contributed by atoms with Gasteiger partial charge in [0.25, 0.3) is 0 Å². The van der Waals surface area contributed by atoms with Gasteiger partial charge in [-0.1, -0.05) is 20.8 Å². The molecule has 4 heteroatoms. The Labute approximate surface area is 107 Å². The van der Waals surface area contributed by atoms with Gasteiger partial charge in [-0.25, -0.2) is 4.79 Å². The van der Waals surface area contributed by atoms with Gasteiger partial charge in [-0.15, -0.1) is 0 Å². The SMILES string of the molecule is COc1c(C)c(C(=O)O)c(O)c(C(C)(C)C)c1C. The fourth-order valence-electron chi connectivity index (χ4n) is 2.47. The molecule has 0 spiro atoms. The topological polar surface area (TPSA) is 66.8 Å². The normalized spacial score (nSPS) is 11.4. The lowest BCUT2D eigenvalue weighted by atomic mass is 9.80. The van der Waals surface area contributed by atoms with Gasteiger partial charge in [-0.2, -0.15) is 0 Å². The van der Waals surface area contributed by atoms with E-state index in [2.05, 4.69) is 0 Å². The molecule has 0 saturated carbocycles. The Kier molecular flexibility index (Phi) is 3.60. The smallest absolute Gasteiger partial charge is 0.339 e. The maximum Gasteiger partial charge on any atom is 0.339 e. The zero-order chi connectivity index (χ0) is 14.2. The first-order valence-corrected chi connectivity index (χ1v) is 5.76. The van der Waals surface area contributed by atoms with E-state index in [1.54, 1.807) is 6.92 Å². The first kappa shape index (κ1) is 14.4. The van der Waals surface area contributed by atoms with Crippen molar-refractivity contribution in [2.24, 2.45) is 0 Å². The summed E-state index contributed by atoms with van der Waals surface area (Å²) in [6.45, 7) is 9.25. The van der Waals surface area contributed by atoms with Crippen molar-refractivity contribution >= 4 is 5.97 Å². The maximum absolute atomic E-state index is 11.3. The maximum atomic E-state index is 11.3. The van der Waals surface area contributed by atoms with E-state index >= 15 is 0 Å². The van der Waals surface area contributed by atoms with E-state index in [1.165, 1.54) is 7.11 Å². The minimum atomic E-state index is -1.14. The van der Waals surface area contributed by atoms with Crippen LogP contribution in [0.2, 0.25) is 0 Å². The molecule has 0 fully saturated rings. The Bertz CT molecular complexity index is 496. The van der Waals surface area contributed by atoms with E-state index in [0.29, 0.717) is 16.9 Å². The lowest BCUT2D eigenvalue weighted by Gasteiger charge is -2.26. The molecule has 0 amide bonds. The van der Waals surface area contributed by atoms with Crippen molar-refractivity contribution in [2.45, 2.75) is 40.0 Å². The van der Waals surface area contributed by atoms with E-state index in [1.807, 2.05) is 27.7 Å². The Hall–Kier alpha value is -1.71. The number of aromatic carboxylic acids is 1. The van der Waals surface area contributed by atoms with Crippen LogP contribution < -0.4 is 4.74 Å². The van der Waals surface area contributed by atoms with Gasteiger partial charge < -0.3 is 14.9 Å². The Morgan fingerprint density at radius 2 is 1.67 bits per heavy atom. The minimum Gasteiger partial charge on any atom is -0.507 e. The van der Waals surface area contributed by atoms with Gasteiger partial charge in [0.15, 0.2) is 0 Å². The molecule has 1 rings (SSSR count). The average Bonchev–Trinajstić information content (AvgIpc) is 2.14. The summed E-state index contributed by atoms with van der Waals surface area (Å²) in [6.07, 6.45) is 0. The van der Waals surface area contributed by atoms with Crippen LogP contribution in [0.3, 0.4) is 0 Å². The van der Waals surface area contributed by atoms with Gasteiger partial charge in [-0.3, -0.25) is 0 Å². The van der Waals surface area contributed by atoms with Crippen LogP contribution in [0.25, 0.3) is 0 Å². The molecule has 1 aromatic carbocycles. The third-order valence-corrected chi connectivity index (χ3v) is 3.07. The zero-order valence-electron chi connectivity index (χ0n) is 11.7. The molecule has 4 nitrogen and oxygen atoms in total. The fourth-order valence-corrected chi connectivity index (χ4v) is 2.47. The molecule has 0 aromatic heterocycles. The Balaban J connectivity index is 3.84. The monoisotopic (exact) mass is 252 g/mol. The molecule has 1 aromatic rings. The summed E-state index contributed by atoms with van der Waals surface area (Å²) in [5.41, 5.74) is 1.40. The molecular weight excluding hydrogens is 232 g/mol. The molecule has 0 radical (unpaired) electrons. The number of carboxylic acid groups (broad SMARTS) is 1. The highest BCUT2D eigenvalue weighted by molar-refractivity contribution is 5.94. The molecular formula is C14H20O4. The molecule has 100 valence electrons. The first-order chi connectivity index (χ1) is 8.12. The second-order valence-corrected chi connectivity index (χ2v) is 5.44. The van der Waals surface area contributed by atoms with Crippen LogP contribution in [0.5, 0.6) is 11.5 Å². The number of rotatable bonds is 2. The van der Waals surface area contributed by atoms with Crippen molar-refractivity contribution in [2.75, 3.05) is 7.11 Å². The molecule has 0 aliphatic carbocycles. The van der Waals surface area contributed by atoms with Crippen LogP contribution in [-0.2, 0) is 5.41 Å². The number of methoxy groups -OCH3 is 1. The zero-order valence-corrected chi connectivity index (χ0v) is 11.7. The molecule has 2 N–H and O–H groups in total. The molecule has 0 unspecified atom stereocenters. The Morgan fingerprint density at radius 3 is 2.00 bits per heavy atom. The van der Waals surface area contributed by atoms with Crippen LogP contribution in [0, 0.1) is 13.8 Å². The molecule has 0 heterocycles. The number of carbonyl (C=O) groups is 1. The fraction of sp³-hybridized carbons (Fsp3) is 0.500. The van der Waals surface area contributed by atoms with Crippen LogP contribution in [0.4, 0.5) is 0 Å². The highest BCUT2D eigenvalue weighted by Crippen LogP contribution is 2.43. The van der Waals surface area contributed by atoms with E-state index in [-0.39, 0.29) is 16.7 Å². The Morgan fingerprint density at radius 1 is 1.17 bits per heavy atom. The van der Waals surface area contributed by atoms with Crippen LogP contribution in [0.15, 0.2) is 0 Å². The van der Waals surface area contributed by atoms with E-state index in [4.69, 9.17) is 4.74 Å². The average molecular weight is 252 g/mol. The van der Waals surface area contributed by atoms with Crippen molar-refractivity contribution < 1.29 is 19.7 Å². The van der Waals surface area contributed by atoms with Crippen LogP contribution >= 0.6 is 0 Å². The van der Waals surface area contributed by atoms with Gasteiger partial charge >= 0.3 is 5.97 Å². The predicted molar refractivity (Wildman–Crippen MR) is 69.8 cm³/mol. The molecule has 0 aliphatic rings. The summed E-state index contributed by atoms with van der Waals surface area (Å²) in [5, 5.41) is 19.5. The van der Waals surface area contributed by atoms with Gasteiger partial charge in [-0.05, 0) is 24.8 Å². The summed E-state index contributed by atoms with van der Waals surface area (Å²) >= 11 is 0. The predicted octanol–water partition coefficient (Wildman–Crippen LogP) is 3.01. The third-order valence-electron chi connectivity index (χ3n) is 3.07. The highest BCUT2D eigenvalue weighted by Gasteiger charge is 2.29. The second-order valence-electron chi connectivity index (χ2n) is 5.44. The number of ether oxygens (including phenoxy) is 1. The van der Waals surface area contributed by atoms with Crippen LogP contribution in [-0.4, -0.2) is 23.3 Å². The standard InChI is InChI=1S/C14H20O4/c1-7-9(13(16)17)11(15)10(14(3,4)5)8(2)12(7)18-6/h15H,1-6H3,(H,16,17). The third kappa shape index (κ3) is 2.15. The minimum absolute atomic E-state index is 0.0811. The number of benzene rings is 1. The first-order valence-electron chi connectivity index (χ1n) is 5.76. The number of hydrogen-bond acceptors (Lipinski definition) is 3. The molecule has 0 saturated heterocycles. The van der Waals surface area contributed by atoms with Gasteiger partial charge in [0.1, 0.15) is 17.1 Å². The van der Waals surface area contributed by atoms with E-state index in [9.17, 15) is 15.0 Å². The molecule has 0 bridgehead atoms. The van der Waals surface area contributed by atoms with Crippen molar-refractivity contribution in [1.82, 2.24) is 0 Å². The quantitative estimate of drug-likeness (QED) is 0.849. The molecule has 0 aliphatic heterocycles. The van der Waals surface area contributed by atoms with Crippen molar-refractivity contribution in [1.29, 1.82) is 0 Å². The van der Waals surface area contributed by atoms with E-state index in [0.717, 1.165) is 5.56 Å². The van der Waals surface area contributed by atoms with Crippen LogP contribution in [0.1, 0.15) is 47.8 Å². The summed E-state index contributed by atoms with van der Waals surface area (Å²) in [7, 11) is 1.50. The highest BCUT2D eigenvalue weighted by atomic mass is 16.5. The molecule has 18 heavy (non-hydrogen) atoms. The number of carboxylic acids is 1. The summed E-state index contributed by atoms with van der Waals surface area (Å²) in [5.74, 6) is -0.783. The number of phenols is 1. The van der Waals surface area contributed by atoms with Gasteiger partial charge in [0.2, 0.25) is 0 Å². The van der Waals surface area contributed by atoms with Gasteiger partial charge in [0, 0.05) is 11.1 Å². The van der Waals surface area contributed by atoms with Crippen molar-refractivity contribution in [3.8, 4) is 11.5 Å². The summed E-state index contributed by atoms with van der Waals surface area (Å²) in [4.78, 5) is 11.3. The lowest BCUT2D eigenvalue weighted by molar-refractivity contribution is 0.0692.